The quantitative estimate of drug-likeness (QED) is 0.140. The summed E-state index contributed by atoms with van der Waals surface area (Å²) in [6, 6.07) is 10.7. The molecule has 7 rings (SSSR count). The summed E-state index contributed by atoms with van der Waals surface area (Å²) in [7, 11) is 0. The van der Waals surface area contributed by atoms with E-state index in [1.165, 1.54) is 49.0 Å². The maximum absolute atomic E-state index is 13.7. The van der Waals surface area contributed by atoms with Gasteiger partial charge in [-0.05, 0) is 116 Å². The molecule has 2 heterocycles. The van der Waals surface area contributed by atoms with Crippen LogP contribution in [0.2, 0.25) is 0 Å². The SMILES string of the molecule is CC(C)(C)OC(=O)N1CCC[C@H](C(=O)N(C(=O)NC2CCCCC2)C2CCCCC2)C1.O=C(NC1CCCCC1)N(C(=O)[C@H]1CCCN(CCc2ccccc2)C1)C1CCCCC1.O=CO[O-].[K+].[K]. The normalized spacial score (nSPS) is 21.9. The van der Waals surface area contributed by atoms with Crippen LogP contribution < -0.4 is 67.3 Å². The van der Waals surface area contributed by atoms with E-state index in [-0.39, 0.29) is 175 Å². The number of hydrogen-bond donors (Lipinski definition) is 2. The number of carbonyl (C=O) groups is 6. The maximum atomic E-state index is 13.7. The average molecular weight is 1010 g/mol. The third-order valence-electron chi connectivity index (χ3n) is 14.5. The number of ether oxygens (including phenoxy) is 1. The number of imide groups is 2. The zero-order valence-corrected chi connectivity index (χ0v) is 49.4. The van der Waals surface area contributed by atoms with Crippen molar-refractivity contribution in [3.8, 4) is 0 Å². The first kappa shape index (κ1) is 62.3. The van der Waals surface area contributed by atoms with Gasteiger partial charge in [0.2, 0.25) is 11.8 Å². The topological polar surface area (TPSA) is 181 Å². The van der Waals surface area contributed by atoms with E-state index in [9.17, 15) is 24.0 Å². The second-order valence-electron chi connectivity index (χ2n) is 20.9. The molecule has 0 bridgehead atoms. The number of rotatable bonds is 10. The predicted molar refractivity (Wildman–Crippen MR) is 261 cm³/mol. The van der Waals surface area contributed by atoms with Crippen molar-refractivity contribution in [2.24, 2.45) is 11.8 Å². The second-order valence-corrected chi connectivity index (χ2v) is 20.9. The zero-order valence-electron chi connectivity index (χ0n) is 43.1. The maximum Gasteiger partial charge on any atom is 1.00 e. The van der Waals surface area contributed by atoms with E-state index in [2.05, 4.69) is 50.8 Å². The van der Waals surface area contributed by atoms with Gasteiger partial charge in [-0.2, -0.15) is 0 Å². The fourth-order valence-electron chi connectivity index (χ4n) is 11.0. The van der Waals surface area contributed by atoms with Crippen LogP contribution in [0.5, 0.6) is 0 Å². The first-order valence-corrected chi connectivity index (χ1v) is 26.1. The Balaban J connectivity index is 0.000000330. The van der Waals surface area contributed by atoms with Crippen LogP contribution in [-0.2, 0) is 30.4 Å². The molecule has 4 aliphatic carbocycles. The summed E-state index contributed by atoms with van der Waals surface area (Å²) in [6.45, 7) is 9.09. The molecular weight excluding hydrogens is 931 g/mol. The number of likely N-dealkylation sites (tertiary alicyclic amines) is 2. The van der Waals surface area contributed by atoms with Crippen LogP contribution in [0.15, 0.2) is 30.3 Å². The summed E-state index contributed by atoms with van der Waals surface area (Å²) in [6.07, 6.45) is 25.7. The number of amides is 7. The first-order valence-electron chi connectivity index (χ1n) is 26.1. The Hall–Kier alpha value is -0.967. The van der Waals surface area contributed by atoms with Crippen molar-refractivity contribution >= 4 is 87.8 Å². The van der Waals surface area contributed by atoms with Gasteiger partial charge in [-0.25, -0.2) is 14.4 Å². The molecule has 2 N–H and O–H groups in total. The molecule has 7 amide bonds. The molecule has 0 aromatic heterocycles. The summed E-state index contributed by atoms with van der Waals surface area (Å²) in [5.41, 5.74) is 0.777. The molecular formula is C52H83K2N6O9. The molecule has 2 aliphatic heterocycles. The Morgan fingerprint density at radius 2 is 1.06 bits per heavy atom. The van der Waals surface area contributed by atoms with Crippen LogP contribution in [0.3, 0.4) is 0 Å². The molecule has 1 radical (unpaired) electrons. The van der Waals surface area contributed by atoms with Crippen molar-refractivity contribution in [3.05, 3.63) is 35.9 Å². The largest absolute Gasteiger partial charge is 1.00 e. The Morgan fingerprint density at radius 1 is 0.638 bits per heavy atom. The third kappa shape index (κ3) is 21.8. The summed E-state index contributed by atoms with van der Waals surface area (Å²) < 4.78 is 5.51. The van der Waals surface area contributed by atoms with Gasteiger partial charge in [-0.3, -0.25) is 24.2 Å². The number of piperidine rings is 2. The first-order chi connectivity index (χ1) is 32.4. The minimum absolute atomic E-state index is 0. The van der Waals surface area contributed by atoms with Gasteiger partial charge in [0.25, 0.3) is 6.47 Å². The number of hydrogen-bond acceptors (Lipinski definition) is 10. The average Bonchev–Trinajstić information content (AvgIpc) is 3.35. The Bertz CT molecular complexity index is 1680. The van der Waals surface area contributed by atoms with E-state index in [0.717, 1.165) is 135 Å². The third-order valence-corrected chi connectivity index (χ3v) is 14.5. The van der Waals surface area contributed by atoms with Crippen molar-refractivity contribution in [1.82, 2.24) is 30.2 Å². The Labute approximate surface area is 498 Å². The molecule has 6 aliphatic rings. The molecule has 15 nitrogen and oxygen atoms in total. The minimum atomic E-state index is -0.567. The Morgan fingerprint density at radius 3 is 1.49 bits per heavy atom. The van der Waals surface area contributed by atoms with E-state index in [4.69, 9.17) is 14.8 Å². The van der Waals surface area contributed by atoms with Crippen molar-refractivity contribution in [3.63, 3.8) is 0 Å². The Kier molecular flexibility index (Phi) is 30.5. The van der Waals surface area contributed by atoms with Gasteiger partial charge in [0.15, 0.2) is 0 Å². The van der Waals surface area contributed by atoms with Crippen molar-refractivity contribution in [2.45, 2.75) is 211 Å². The van der Waals surface area contributed by atoms with Gasteiger partial charge < -0.3 is 35.3 Å². The number of nitrogens with zero attached hydrogens (tertiary/aromatic N) is 4. The molecule has 1 aromatic rings. The molecule has 2 saturated heterocycles. The van der Waals surface area contributed by atoms with Crippen LogP contribution in [0.1, 0.15) is 180 Å². The van der Waals surface area contributed by atoms with Crippen LogP contribution >= 0.6 is 0 Å². The predicted octanol–water partition coefficient (Wildman–Crippen LogP) is 5.04. The van der Waals surface area contributed by atoms with Gasteiger partial charge in [0.05, 0.1) is 11.8 Å². The molecule has 4 saturated carbocycles. The second kappa shape index (κ2) is 33.8. The fourth-order valence-corrected chi connectivity index (χ4v) is 11.0. The number of urea groups is 2. The van der Waals surface area contributed by atoms with Gasteiger partial charge in [-0.1, -0.05) is 107 Å². The van der Waals surface area contributed by atoms with Gasteiger partial charge in [0.1, 0.15) is 5.60 Å². The van der Waals surface area contributed by atoms with E-state index in [1.54, 1.807) is 9.80 Å². The molecule has 17 heteroatoms. The van der Waals surface area contributed by atoms with Crippen molar-refractivity contribution < 1.29 is 95.0 Å². The fraction of sp³-hybridized carbons (Fsp3) is 0.769. The van der Waals surface area contributed by atoms with Crippen LogP contribution in [0.25, 0.3) is 0 Å². The molecule has 2 atom stereocenters. The molecule has 0 spiro atoms. The van der Waals surface area contributed by atoms with E-state index in [0.29, 0.717) is 19.5 Å². The molecule has 6 fully saturated rings. The van der Waals surface area contributed by atoms with Crippen molar-refractivity contribution in [2.75, 3.05) is 32.7 Å². The van der Waals surface area contributed by atoms with Crippen LogP contribution in [0.4, 0.5) is 14.4 Å². The van der Waals surface area contributed by atoms with E-state index in [1.807, 2.05) is 20.8 Å². The number of benzene rings is 1. The van der Waals surface area contributed by atoms with E-state index >= 15 is 0 Å². The smallest absolute Gasteiger partial charge is 0.662 e. The standard InChI is InChI=1S/C27H41N3O2.C24H41N3O4.CH2O3.2K/c31-26(23-13-10-19-29(21-23)20-18-22-11-4-1-5-12-22)30(25-16-8-3-9-17-25)27(32)28-24-14-6-2-7-15-24;1-24(2,3)31-23(30)26-16-10-11-18(17-26)21(28)27(20-14-8-5-9-15-20)22(29)25-19-12-6-4-7-13-19;2-1-4-3;;/h1,4-5,11-12,23-25H,2-3,6-10,13-21H2,(H,28,32);18-20H,4-17H2,1-3H3,(H,25,29);1,3H;;/q;;;;+1/p-1/t23-;18-;;;/m00.../s1. The summed E-state index contributed by atoms with van der Waals surface area (Å²) in [5.74, 6) is -0.443. The number of carbonyl (C=O) groups excluding carboxylic acids is 6. The summed E-state index contributed by atoms with van der Waals surface area (Å²) in [5, 5.41) is 14.8. The van der Waals surface area contributed by atoms with Gasteiger partial charge in [0, 0.05) is 102 Å². The monoisotopic (exact) mass is 1010 g/mol. The number of nitrogens with one attached hydrogen (secondary N) is 2. The van der Waals surface area contributed by atoms with Gasteiger partial charge >= 0.3 is 69.5 Å². The zero-order chi connectivity index (χ0) is 48.0. The molecule has 377 valence electrons. The summed E-state index contributed by atoms with van der Waals surface area (Å²) in [4.78, 5) is 85.1. The summed E-state index contributed by atoms with van der Waals surface area (Å²) >= 11 is 0. The van der Waals surface area contributed by atoms with Gasteiger partial charge in [-0.15, -0.1) is 0 Å². The molecule has 69 heavy (non-hydrogen) atoms. The van der Waals surface area contributed by atoms with Crippen LogP contribution in [-0.4, -0.2) is 170 Å². The molecule has 0 unspecified atom stereocenters. The molecule has 1 aromatic carbocycles. The van der Waals surface area contributed by atoms with Crippen LogP contribution in [0, 0.1) is 11.8 Å². The van der Waals surface area contributed by atoms with E-state index < -0.39 is 5.60 Å². The van der Waals surface area contributed by atoms with Crippen molar-refractivity contribution in [1.29, 1.82) is 0 Å². The minimum Gasteiger partial charge on any atom is -0.662 e.